The monoisotopic (exact) mass is 293 g/mol. The summed E-state index contributed by atoms with van der Waals surface area (Å²) >= 11 is 0. The minimum atomic E-state index is -0.964. The predicted octanol–water partition coefficient (Wildman–Crippen LogP) is 2.03. The molecule has 1 amide bonds. The number of hydrogen-bond donors (Lipinski definition) is 2. The van der Waals surface area contributed by atoms with Gasteiger partial charge in [0.25, 0.3) is 5.91 Å². The molecule has 1 aliphatic rings. The van der Waals surface area contributed by atoms with Gasteiger partial charge in [-0.2, -0.15) is 15.8 Å². The zero-order valence-electron chi connectivity index (χ0n) is 11.9. The lowest BCUT2D eigenvalue weighted by Crippen LogP contribution is -2.45. The molecule has 0 spiro atoms. The number of carbonyl (C=O) groups is 1. The zero-order valence-corrected chi connectivity index (χ0v) is 11.9. The van der Waals surface area contributed by atoms with Gasteiger partial charge < -0.3 is 15.4 Å². The topological polar surface area (TPSA) is 122 Å². The van der Waals surface area contributed by atoms with Crippen LogP contribution in [0.1, 0.15) is 13.8 Å². The van der Waals surface area contributed by atoms with E-state index in [9.17, 15) is 4.79 Å². The van der Waals surface area contributed by atoms with Gasteiger partial charge in [-0.25, -0.2) is 0 Å². The van der Waals surface area contributed by atoms with E-state index in [2.05, 4.69) is 10.6 Å². The predicted molar refractivity (Wildman–Crippen MR) is 77.3 cm³/mol. The Kier molecular flexibility index (Phi) is 3.71. The number of nitriles is 3. The van der Waals surface area contributed by atoms with Crippen molar-refractivity contribution in [1.29, 1.82) is 15.8 Å². The second-order valence-electron chi connectivity index (χ2n) is 4.99. The number of rotatable bonds is 2. The van der Waals surface area contributed by atoms with Gasteiger partial charge in [0, 0.05) is 5.69 Å². The Bertz CT molecular complexity index is 787. The molecule has 2 rings (SSSR count). The maximum atomic E-state index is 11.9. The molecule has 0 aliphatic carbocycles. The van der Waals surface area contributed by atoms with Crippen LogP contribution in [0.15, 0.2) is 29.5 Å². The maximum absolute atomic E-state index is 11.9. The Morgan fingerprint density at radius 2 is 1.91 bits per heavy atom. The molecule has 0 saturated carbocycles. The van der Waals surface area contributed by atoms with Crippen molar-refractivity contribution in [3.8, 4) is 24.0 Å². The quantitative estimate of drug-likeness (QED) is 0.804. The second-order valence-corrected chi connectivity index (χ2v) is 4.99. The molecule has 0 radical (unpaired) electrons. The Morgan fingerprint density at radius 3 is 2.50 bits per heavy atom. The summed E-state index contributed by atoms with van der Waals surface area (Å²) in [4.78, 5) is 11.9. The van der Waals surface area contributed by atoms with Gasteiger partial charge in [-0.1, -0.05) is 0 Å². The largest absolute Gasteiger partial charge is 0.476 e. The van der Waals surface area contributed by atoms with Gasteiger partial charge in [-0.05, 0) is 32.0 Å². The van der Waals surface area contributed by atoms with E-state index in [-0.39, 0.29) is 17.2 Å². The fourth-order valence-corrected chi connectivity index (χ4v) is 1.82. The minimum Gasteiger partial charge on any atom is -0.476 e. The zero-order chi connectivity index (χ0) is 16.3. The van der Waals surface area contributed by atoms with E-state index < -0.39 is 5.60 Å². The van der Waals surface area contributed by atoms with Gasteiger partial charge in [-0.3, -0.25) is 4.79 Å². The van der Waals surface area contributed by atoms with Crippen molar-refractivity contribution in [1.82, 2.24) is 0 Å². The van der Waals surface area contributed by atoms with E-state index in [1.807, 2.05) is 0 Å². The first kappa shape index (κ1) is 14.9. The molecule has 7 heteroatoms. The first-order chi connectivity index (χ1) is 10.4. The Labute approximate surface area is 127 Å². The Hall–Kier alpha value is -3.50. The van der Waals surface area contributed by atoms with E-state index in [1.54, 1.807) is 50.3 Å². The highest BCUT2D eigenvalue weighted by atomic mass is 16.5. The minimum absolute atomic E-state index is 0.159. The molecule has 0 atom stereocenters. The maximum Gasteiger partial charge on any atom is 0.268 e. The molecule has 0 aromatic heterocycles. The van der Waals surface area contributed by atoms with Crippen LogP contribution < -0.4 is 15.4 Å². The van der Waals surface area contributed by atoms with Crippen molar-refractivity contribution < 1.29 is 9.53 Å². The summed E-state index contributed by atoms with van der Waals surface area (Å²) < 4.78 is 5.59. The smallest absolute Gasteiger partial charge is 0.268 e. The summed E-state index contributed by atoms with van der Waals surface area (Å²) in [6, 6.07) is 9.86. The fourth-order valence-electron chi connectivity index (χ4n) is 1.82. The van der Waals surface area contributed by atoms with Gasteiger partial charge in [0.15, 0.2) is 11.2 Å². The molecular formula is C15H11N5O2. The number of fused-ring (bicyclic) bond motifs is 1. The molecule has 1 aromatic rings. The van der Waals surface area contributed by atoms with E-state index in [0.29, 0.717) is 17.1 Å². The third-order valence-corrected chi connectivity index (χ3v) is 2.99. The van der Waals surface area contributed by atoms with Gasteiger partial charge in [0.1, 0.15) is 29.7 Å². The molecule has 2 N–H and O–H groups in total. The van der Waals surface area contributed by atoms with Gasteiger partial charge >= 0.3 is 0 Å². The third-order valence-electron chi connectivity index (χ3n) is 2.99. The summed E-state index contributed by atoms with van der Waals surface area (Å²) in [5, 5.41) is 32.0. The highest BCUT2D eigenvalue weighted by molar-refractivity contribution is 6.00. The van der Waals surface area contributed by atoms with Crippen molar-refractivity contribution in [2.24, 2.45) is 0 Å². The van der Waals surface area contributed by atoms with E-state index in [0.717, 1.165) is 0 Å². The average Bonchev–Trinajstić information content (AvgIpc) is 2.48. The first-order valence-electron chi connectivity index (χ1n) is 6.27. The number of allylic oxidation sites excluding steroid dienone is 2. The molecule has 7 nitrogen and oxygen atoms in total. The van der Waals surface area contributed by atoms with Crippen LogP contribution in [0, 0.1) is 34.0 Å². The number of benzene rings is 1. The van der Waals surface area contributed by atoms with Gasteiger partial charge in [0.05, 0.1) is 5.69 Å². The lowest BCUT2D eigenvalue weighted by Gasteiger charge is -2.31. The van der Waals surface area contributed by atoms with Crippen LogP contribution in [-0.2, 0) is 4.79 Å². The standard InChI is InChI=1S/C15H11N5O2/c1-15(2)14(21)20-11-5-10(3-4-13(11)22-15)19-12(8-18)9(6-16)7-17/h3-5,19H,1-2H3,(H,20,21). The normalized spacial score (nSPS) is 14.0. The molecule has 0 saturated heterocycles. The number of anilines is 2. The SMILES string of the molecule is CC1(C)Oc2ccc(NC(C#N)=C(C#N)C#N)cc2NC1=O. The summed E-state index contributed by atoms with van der Waals surface area (Å²) in [5.41, 5.74) is -0.548. The number of nitrogens with one attached hydrogen (secondary N) is 2. The van der Waals surface area contributed by atoms with Crippen LogP contribution in [0.3, 0.4) is 0 Å². The van der Waals surface area contributed by atoms with Crippen LogP contribution in [0.25, 0.3) is 0 Å². The Morgan fingerprint density at radius 1 is 1.23 bits per heavy atom. The molecule has 1 aromatic carbocycles. The Balaban J connectivity index is 2.35. The average molecular weight is 293 g/mol. The van der Waals surface area contributed by atoms with E-state index in [1.165, 1.54) is 0 Å². The third kappa shape index (κ3) is 2.67. The molecule has 108 valence electrons. The fraction of sp³-hybridized carbons (Fsp3) is 0.200. The number of carbonyl (C=O) groups excluding carboxylic acids is 1. The molecule has 0 unspecified atom stereocenters. The number of ether oxygens (including phenoxy) is 1. The van der Waals surface area contributed by atoms with Gasteiger partial charge in [0.2, 0.25) is 0 Å². The molecule has 1 heterocycles. The van der Waals surface area contributed by atoms with E-state index >= 15 is 0 Å². The van der Waals surface area contributed by atoms with E-state index in [4.69, 9.17) is 20.5 Å². The van der Waals surface area contributed by atoms with Crippen LogP contribution in [0.2, 0.25) is 0 Å². The number of hydrogen-bond acceptors (Lipinski definition) is 6. The van der Waals surface area contributed by atoms with Crippen LogP contribution in [0.4, 0.5) is 11.4 Å². The summed E-state index contributed by atoms with van der Waals surface area (Å²) in [6.45, 7) is 3.31. The summed E-state index contributed by atoms with van der Waals surface area (Å²) in [6.07, 6.45) is 0. The molecular weight excluding hydrogens is 282 g/mol. The first-order valence-corrected chi connectivity index (χ1v) is 6.27. The summed E-state index contributed by atoms with van der Waals surface area (Å²) in [5.74, 6) is 0.210. The highest BCUT2D eigenvalue weighted by Crippen LogP contribution is 2.35. The van der Waals surface area contributed by atoms with Gasteiger partial charge in [-0.15, -0.1) is 0 Å². The van der Waals surface area contributed by atoms with Crippen molar-refractivity contribution in [2.75, 3.05) is 10.6 Å². The molecule has 0 fully saturated rings. The number of nitrogens with zero attached hydrogens (tertiary/aromatic N) is 3. The molecule has 0 bridgehead atoms. The van der Waals surface area contributed by atoms with Crippen molar-refractivity contribution >= 4 is 17.3 Å². The number of amides is 1. The summed E-state index contributed by atoms with van der Waals surface area (Å²) in [7, 11) is 0. The van der Waals surface area contributed by atoms with Crippen LogP contribution >= 0.6 is 0 Å². The molecule has 22 heavy (non-hydrogen) atoms. The second kappa shape index (κ2) is 5.47. The van der Waals surface area contributed by atoms with Crippen molar-refractivity contribution in [3.63, 3.8) is 0 Å². The molecule has 1 aliphatic heterocycles. The van der Waals surface area contributed by atoms with Crippen molar-refractivity contribution in [3.05, 3.63) is 29.5 Å². The lowest BCUT2D eigenvalue weighted by molar-refractivity contribution is -0.129. The van der Waals surface area contributed by atoms with Crippen LogP contribution in [0.5, 0.6) is 5.75 Å². The highest BCUT2D eigenvalue weighted by Gasteiger charge is 2.35. The van der Waals surface area contributed by atoms with Crippen molar-refractivity contribution in [2.45, 2.75) is 19.4 Å². The lowest BCUT2D eigenvalue weighted by atomic mass is 10.1. The van der Waals surface area contributed by atoms with Crippen LogP contribution in [-0.4, -0.2) is 11.5 Å².